The molecule has 6 heteroatoms. The fourth-order valence-corrected chi connectivity index (χ4v) is 2.80. The number of rotatable bonds is 4. The molecule has 2 amide bonds. The maximum atomic E-state index is 12.6. The Kier molecular flexibility index (Phi) is 5.05. The van der Waals surface area contributed by atoms with E-state index in [0.29, 0.717) is 16.3 Å². The second-order valence-corrected chi connectivity index (χ2v) is 6.12. The Bertz CT molecular complexity index is 816. The summed E-state index contributed by atoms with van der Waals surface area (Å²) in [6.45, 7) is 1.85. The summed E-state index contributed by atoms with van der Waals surface area (Å²) in [6.07, 6.45) is 0. The molecule has 0 fully saturated rings. The van der Waals surface area contributed by atoms with Crippen LogP contribution in [-0.4, -0.2) is 12.0 Å². The van der Waals surface area contributed by atoms with Crippen LogP contribution in [0.5, 0.6) is 0 Å². The zero-order chi connectivity index (χ0) is 17.8. The van der Waals surface area contributed by atoms with E-state index in [1.54, 1.807) is 31.2 Å². The number of hydrogen-bond donors (Lipinski definition) is 2. The van der Waals surface area contributed by atoms with Crippen molar-refractivity contribution in [3.8, 4) is 0 Å². The lowest BCUT2D eigenvalue weighted by atomic mass is 9.95. The molecule has 25 heavy (non-hydrogen) atoms. The number of urea groups is 1. The highest BCUT2D eigenvalue weighted by atomic mass is 35.5. The van der Waals surface area contributed by atoms with E-state index in [2.05, 4.69) is 10.6 Å². The van der Waals surface area contributed by atoms with Crippen molar-refractivity contribution in [1.29, 1.82) is 0 Å². The first-order chi connectivity index (χ1) is 12.0. The first kappa shape index (κ1) is 17.0. The summed E-state index contributed by atoms with van der Waals surface area (Å²) in [5.74, 6) is -0.478. The summed E-state index contributed by atoms with van der Waals surface area (Å²) >= 11 is 5.92. The molecule has 1 aliphatic heterocycles. The number of ether oxygens (including phenoxy) is 1. The smallest absolute Gasteiger partial charge is 0.338 e. The highest BCUT2D eigenvalue weighted by Crippen LogP contribution is 2.28. The molecule has 0 saturated carbocycles. The maximum Gasteiger partial charge on any atom is 0.338 e. The third kappa shape index (κ3) is 4.00. The minimum absolute atomic E-state index is 0.164. The van der Waals surface area contributed by atoms with Gasteiger partial charge in [-0.3, -0.25) is 0 Å². The third-order valence-electron chi connectivity index (χ3n) is 3.91. The lowest BCUT2D eigenvalue weighted by molar-refractivity contribution is -0.140. The van der Waals surface area contributed by atoms with Gasteiger partial charge in [0.1, 0.15) is 6.61 Å². The highest BCUT2D eigenvalue weighted by Gasteiger charge is 2.32. The van der Waals surface area contributed by atoms with Gasteiger partial charge in [-0.05, 0) is 30.2 Å². The molecule has 0 radical (unpaired) electrons. The lowest BCUT2D eigenvalue weighted by Gasteiger charge is -2.28. The van der Waals surface area contributed by atoms with Gasteiger partial charge in [0.25, 0.3) is 0 Å². The maximum absolute atomic E-state index is 12.6. The van der Waals surface area contributed by atoms with Crippen LogP contribution in [0.15, 0.2) is 65.9 Å². The molecule has 2 aromatic carbocycles. The number of halogens is 1. The second kappa shape index (κ2) is 7.40. The number of carbonyl (C=O) groups is 2. The number of carbonyl (C=O) groups excluding carboxylic acids is 2. The van der Waals surface area contributed by atoms with Crippen LogP contribution in [0.25, 0.3) is 0 Å². The van der Waals surface area contributed by atoms with Crippen LogP contribution >= 0.6 is 11.6 Å². The van der Waals surface area contributed by atoms with E-state index in [1.807, 2.05) is 30.3 Å². The quantitative estimate of drug-likeness (QED) is 0.820. The van der Waals surface area contributed by atoms with Crippen LogP contribution in [0.3, 0.4) is 0 Å². The summed E-state index contributed by atoms with van der Waals surface area (Å²) in [7, 11) is 0. The zero-order valence-electron chi connectivity index (χ0n) is 13.6. The summed E-state index contributed by atoms with van der Waals surface area (Å²) in [5, 5.41) is 5.96. The predicted molar refractivity (Wildman–Crippen MR) is 94.8 cm³/mol. The molecular formula is C19H17ClN2O3. The molecule has 128 valence electrons. The molecule has 0 saturated heterocycles. The van der Waals surface area contributed by atoms with Crippen molar-refractivity contribution in [2.75, 3.05) is 0 Å². The number of nitrogens with one attached hydrogen (secondary N) is 2. The van der Waals surface area contributed by atoms with E-state index >= 15 is 0 Å². The Labute approximate surface area is 150 Å². The molecule has 3 rings (SSSR count). The van der Waals surface area contributed by atoms with Gasteiger partial charge in [-0.1, -0.05) is 54.1 Å². The largest absolute Gasteiger partial charge is 0.457 e. The van der Waals surface area contributed by atoms with E-state index < -0.39 is 12.0 Å². The standard InChI is InChI=1S/C19H17ClN2O3/c1-12-16(18(23)25-11-13-5-3-2-4-6-13)17(22-19(24)21-12)14-7-9-15(20)10-8-14/h2-10,17H,11H2,1H3,(H2,21,22,24). The van der Waals surface area contributed by atoms with Crippen molar-refractivity contribution in [3.63, 3.8) is 0 Å². The molecule has 1 heterocycles. The van der Waals surface area contributed by atoms with E-state index in [0.717, 1.165) is 11.1 Å². The topological polar surface area (TPSA) is 67.4 Å². The molecule has 0 bridgehead atoms. The van der Waals surface area contributed by atoms with Crippen molar-refractivity contribution in [1.82, 2.24) is 10.6 Å². The molecule has 0 spiro atoms. The number of benzene rings is 2. The van der Waals surface area contributed by atoms with Crippen molar-refractivity contribution >= 4 is 23.6 Å². The molecule has 1 atom stereocenters. The molecule has 2 N–H and O–H groups in total. The highest BCUT2D eigenvalue weighted by molar-refractivity contribution is 6.30. The first-order valence-corrected chi connectivity index (χ1v) is 8.17. The molecule has 1 aliphatic rings. The molecule has 5 nitrogen and oxygen atoms in total. The number of esters is 1. The fraction of sp³-hybridized carbons (Fsp3) is 0.158. The minimum atomic E-state index is -0.589. The Morgan fingerprint density at radius 1 is 1.12 bits per heavy atom. The first-order valence-electron chi connectivity index (χ1n) is 7.79. The third-order valence-corrected chi connectivity index (χ3v) is 4.16. The molecule has 0 aliphatic carbocycles. The SMILES string of the molecule is CC1=C(C(=O)OCc2ccccc2)C(c2ccc(Cl)cc2)NC(=O)N1. The molecule has 2 aromatic rings. The number of amides is 2. The van der Waals surface area contributed by atoms with Crippen LogP contribution in [-0.2, 0) is 16.1 Å². The summed E-state index contributed by atoms with van der Waals surface area (Å²) in [4.78, 5) is 24.5. The van der Waals surface area contributed by atoms with Gasteiger partial charge < -0.3 is 15.4 Å². The average Bonchev–Trinajstić information content (AvgIpc) is 2.60. The number of hydrogen-bond acceptors (Lipinski definition) is 3. The normalized spacial score (nSPS) is 16.9. The van der Waals surface area contributed by atoms with Crippen LogP contribution in [0.4, 0.5) is 4.79 Å². The lowest BCUT2D eigenvalue weighted by Crippen LogP contribution is -2.45. The predicted octanol–water partition coefficient (Wildman–Crippen LogP) is 3.71. The van der Waals surface area contributed by atoms with E-state index in [9.17, 15) is 9.59 Å². The fourth-order valence-electron chi connectivity index (χ4n) is 2.67. The summed E-state index contributed by atoms with van der Waals surface area (Å²) < 4.78 is 5.43. The van der Waals surface area contributed by atoms with Gasteiger partial charge in [-0.2, -0.15) is 0 Å². The van der Waals surface area contributed by atoms with Crippen LogP contribution in [0.1, 0.15) is 24.1 Å². The Hall–Kier alpha value is -2.79. The van der Waals surface area contributed by atoms with Gasteiger partial charge in [0, 0.05) is 10.7 Å². The van der Waals surface area contributed by atoms with Gasteiger partial charge in [0.2, 0.25) is 0 Å². The van der Waals surface area contributed by atoms with Gasteiger partial charge in [-0.25, -0.2) is 9.59 Å². The summed E-state index contributed by atoms with van der Waals surface area (Å²) in [5.41, 5.74) is 2.50. The van der Waals surface area contributed by atoms with Crippen molar-refractivity contribution in [2.24, 2.45) is 0 Å². The Balaban J connectivity index is 1.84. The van der Waals surface area contributed by atoms with Gasteiger partial charge >= 0.3 is 12.0 Å². The minimum Gasteiger partial charge on any atom is -0.457 e. The summed E-state index contributed by atoms with van der Waals surface area (Å²) in [6, 6.07) is 15.5. The molecule has 1 unspecified atom stereocenters. The van der Waals surface area contributed by atoms with Crippen molar-refractivity contribution in [2.45, 2.75) is 19.6 Å². The molecule has 0 aromatic heterocycles. The average molecular weight is 357 g/mol. The van der Waals surface area contributed by atoms with Crippen LogP contribution in [0.2, 0.25) is 5.02 Å². The Morgan fingerprint density at radius 3 is 2.48 bits per heavy atom. The van der Waals surface area contributed by atoms with E-state index in [-0.39, 0.29) is 12.6 Å². The van der Waals surface area contributed by atoms with Gasteiger partial charge in [0.05, 0.1) is 11.6 Å². The van der Waals surface area contributed by atoms with Crippen LogP contribution in [0, 0.1) is 0 Å². The van der Waals surface area contributed by atoms with Gasteiger partial charge in [0.15, 0.2) is 0 Å². The van der Waals surface area contributed by atoms with Crippen LogP contribution < -0.4 is 10.6 Å². The van der Waals surface area contributed by atoms with Gasteiger partial charge in [-0.15, -0.1) is 0 Å². The second-order valence-electron chi connectivity index (χ2n) is 5.68. The molecular weight excluding hydrogens is 340 g/mol. The van der Waals surface area contributed by atoms with Crippen molar-refractivity contribution in [3.05, 3.63) is 82.0 Å². The number of allylic oxidation sites excluding steroid dienone is 1. The van der Waals surface area contributed by atoms with Crippen molar-refractivity contribution < 1.29 is 14.3 Å². The Morgan fingerprint density at radius 2 is 1.80 bits per heavy atom. The van der Waals surface area contributed by atoms with E-state index in [4.69, 9.17) is 16.3 Å². The van der Waals surface area contributed by atoms with E-state index in [1.165, 1.54) is 0 Å². The zero-order valence-corrected chi connectivity index (χ0v) is 14.3. The monoisotopic (exact) mass is 356 g/mol.